The number of morpholine rings is 1. The summed E-state index contributed by atoms with van der Waals surface area (Å²) in [7, 11) is 1.85. The summed E-state index contributed by atoms with van der Waals surface area (Å²) >= 11 is 1.51. The second kappa shape index (κ2) is 8.39. The van der Waals surface area contributed by atoms with Gasteiger partial charge in [0, 0.05) is 49.4 Å². The highest BCUT2D eigenvalue weighted by Crippen LogP contribution is 2.38. The zero-order valence-corrected chi connectivity index (χ0v) is 17.9. The summed E-state index contributed by atoms with van der Waals surface area (Å²) in [6, 6.07) is 8.68. The highest BCUT2D eigenvalue weighted by atomic mass is 32.1. The molecule has 0 radical (unpaired) electrons. The molecule has 2 aliphatic heterocycles. The van der Waals surface area contributed by atoms with Gasteiger partial charge in [-0.15, -0.1) is 11.3 Å². The van der Waals surface area contributed by atoms with Crippen LogP contribution >= 0.6 is 11.3 Å². The van der Waals surface area contributed by atoms with E-state index in [1.165, 1.54) is 11.3 Å². The molecule has 3 heterocycles. The number of hydrazine groups is 1. The van der Waals surface area contributed by atoms with Crippen molar-refractivity contribution in [2.24, 2.45) is 0 Å². The zero-order chi connectivity index (χ0) is 20.5. The van der Waals surface area contributed by atoms with Gasteiger partial charge in [0.05, 0.1) is 18.0 Å². The van der Waals surface area contributed by atoms with Gasteiger partial charge >= 0.3 is 0 Å². The van der Waals surface area contributed by atoms with Crippen LogP contribution < -0.4 is 10.9 Å². The Morgan fingerprint density at radius 1 is 1.31 bits per heavy atom. The quantitative estimate of drug-likeness (QED) is 0.799. The van der Waals surface area contributed by atoms with Crippen molar-refractivity contribution in [1.29, 1.82) is 0 Å². The monoisotopic (exact) mass is 416 g/mol. The third-order valence-corrected chi connectivity index (χ3v) is 6.85. The van der Waals surface area contributed by atoms with Gasteiger partial charge in [0.15, 0.2) is 0 Å². The predicted molar refractivity (Wildman–Crippen MR) is 114 cm³/mol. The number of benzene rings is 1. The maximum atomic E-state index is 13.4. The lowest BCUT2D eigenvalue weighted by Gasteiger charge is -2.33. The number of rotatable bonds is 4. The lowest BCUT2D eigenvalue weighted by molar-refractivity contribution is -0.136. The number of nitrogens with zero attached hydrogens (tertiary/aromatic N) is 2. The molecule has 0 bridgehead atoms. The van der Waals surface area contributed by atoms with Gasteiger partial charge in [-0.05, 0) is 24.8 Å². The SMILES string of the molecule is CC(=O)N1CCOC(c2c(C(=O)N(C)CC3CC(C)NN3)sc3ccccc23)C1. The molecule has 2 fully saturated rings. The van der Waals surface area contributed by atoms with E-state index in [4.69, 9.17) is 4.74 Å². The first-order valence-electron chi connectivity index (χ1n) is 10.1. The number of carbonyl (C=O) groups excluding carboxylic acids is 2. The number of hydrogen-bond acceptors (Lipinski definition) is 6. The van der Waals surface area contributed by atoms with E-state index in [1.807, 2.05) is 31.3 Å². The molecule has 2 N–H and O–H groups in total. The third-order valence-electron chi connectivity index (χ3n) is 5.67. The van der Waals surface area contributed by atoms with Crippen molar-refractivity contribution < 1.29 is 14.3 Å². The molecule has 1 aromatic heterocycles. The molecule has 3 atom stereocenters. The van der Waals surface area contributed by atoms with Gasteiger partial charge in [0.25, 0.3) is 5.91 Å². The molecule has 7 nitrogen and oxygen atoms in total. The molecule has 156 valence electrons. The van der Waals surface area contributed by atoms with E-state index in [-0.39, 0.29) is 24.0 Å². The second-order valence-electron chi connectivity index (χ2n) is 7.97. The Morgan fingerprint density at radius 3 is 2.83 bits per heavy atom. The van der Waals surface area contributed by atoms with Crippen LogP contribution in [0.4, 0.5) is 0 Å². The van der Waals surface area contributed by atoms with Crippen LogP contribution in [0, 0.1) is 0 Å². The molecule has 2 amide bonds. The van der Waals surface area contributed by atoms with Crippen LogP contribution in [0.2, 0.25) is 0 Å². The number of likely N-dealkylation sites (N-methyl/N-ethyl adjacent to an activating group) is 1. The first kappa shape index (κ1) is 20.3. The summed E-state index contributed by atoms with van der Waals surface area (Å²) in [5.41, 5.74) is 7.38. The number of amides is 2. The molecule has 0 aliphatic carbocycles. The van der Waals surface area contributed by atoms with Gasteiger partial charge in [-0.2, -0.15) is 0 Å². The van der Waals surface area contributed by atoms with Crippen LogP contribution in [0.15, 0.2) is 24.3 Å². The first-order chi connectivity index (χ1) is 13.9. The average molecular weight is 417 g/mol. The molecule has 29 heavy (non-hydrogen) atoms. The molecular formula is C21H28N4O3S. The van der Waals surface area contributed by atoms with Crippen LogP contribution in [0.1, 0.15) is 41.6 Å². The third kappa shape index (κ3) is 4.16. The second-order valence-corrected chi connectivity index (χ2v) is 9.03. The van der Waals surface area contributed by atoms with E-state index in [1.54, 1.807) is 16.7 Å². The highest BCUT2D eigenvalue weighted by molar-refractivity contribution is 7.21. The summed E-state index contributed by atoms with van der Waals surface area (Å²) in [6.07, 6.45) is 0.693. The van der Waals surface area contributed by atoms with E-state index in [0.717, 1.165) is 22.1 Å². The molecule has 2 saturated heterocycles. The fraction of sp³-hybridized carbons (Fsp3) is 0.524. The molecule has 2 aromatic rings. The Kier molecular flexibility index (Phi) is 5.87. The number of ether oxygens (including phenoxy) is 1. The number of thiophene rings is 1. The summed E-state index contributed by atoms with van der Waals surface area (Å²) in [6.45, 7) is 5.89. The highest BCUT2D eigenvalue weighted by Gasteiger charge is 2.32. The fourth-order valence-corrected chi connectivity index (χ4v) is 5.41. The predicted octanol–water partition coefficient (Wildman–Crippen LogP) is 2.15. The van der Waals surface area contributed by atoms with E-state index in [0.29, 0.717) is 37.2 Å². The van der Waals surface area contributed by atoms with Gasteiger partial charge in [-0.1, -0.05) is 18.2 Å². The van der Waals surface area contributed by atoms with E-state index in [2.05, 4.69) is 17.8 Å². The lowest BCUT2D eigenvalue weighted by atomic mass is 10.0. The summed E-state index contributed by atoms with van der Waals surface area (Å²) in [5.74, 6) is 0.0443. The molecular weight excluding hydrogens is 388 g/mol. The van der Waals surface area contributed by atoms with Gasteiger partial charge in [0.2, 0.25) is 5.91 Å². The average Bonchev–Trinajstić information content (AvgIpc) is 3.30. The molecule has 4 rings (SSSR count). The maximum absolute atomic E-state index is 13.4. The molecule has 0 spiro atoms. The van der Waals surface area contributed by atoms with E-state index in [9.17, 15) is 9.59 Å². The van der Waals surface area contributed by atoms with Crippen molar-refractivity contribution in [3.05, 3.63) is 34.7 Å². The number of hydrogen-bond donors (Lipinski definition) is 2. The molecule has 0 saturated carbocycles. The number of fused-ring (bicyclic) bond motifs is 1. The molecule has 8 heteroatoms. The molecule has 3 unspecified atom stereocenters. The van der Waals surface area contributed by atoms with Crippen LogP contribution in [-0.2, 0) is 9.53 Å². The maximum Gasteiger partial charge on any atom is 0.264 e. The number of nitrogens with one attached hydrogen (secondary N) is 2. The summed E-state index contributed by atoms with van der Waals surface area (Å²) in [4.78, 5) is 29.6. The van der Waals surface area contributed by atoms with Gasteiger partial charge in [-0.3, -0.25) is 20.4 Å². The van der Waals surface area contributed by atoms with Crippen molar-refractivity contribution >= 4 is 33.2 Å². The van der Waals surface area contributed by atoms with Crippen LogP contribution in [-0.4, -0.2) is 67.0 Å². The van der Waals surface area contributed by atoms with Gasteiger partial charge in [0.1, 0.15) is 6.10 Å². The van der Waals surface area contributed by atoms with Gasteiger partial charge in [-0.25, -0.2) is 0 Å². The first-order valence-corrected chi connectivity index (χ1v) is 10.9. The van der Waals surface area contributed by atoms with E-state index < -0.39 is 0 Å². The van der Waals surface area contributed by atoms with E-state index >= 15 is 0 Å². The Bertz CT molecular complexity index is 914. The topological polar surface area (TPSA) is 73.9 Å². The minimum absolute atomic E-state index is 0.00565. The Morgan fingerprint density at radius 2 is 2.10 bits per heavy atom. The van der Waals surface area contributed by atoms with Crippen molar-refractivity contribution in [1.82, 2.24) is 20.7 Å². The Labute approximate surface area is 175 Å². The largest absolute Gasteiger partial charge is 0.370 e. The lowest BCUT2D eigenvalue weighted by Crippen LogP contribution is -2.42. The van der Waals surface area contributed by atoms with Crippen LogP contribution in [0.5, 0.6) is 0 Å². The Hall–Kier alpha value is -2.00. The van der Waals surface area contributed by atoms with Crippen molar-refractivity contribution in [3.63, 3.8) is 0 Å². The van der Waals surface area contributed by atoms with Gasteiger partial charge < -0.3 is 14.5 Å². The summed E-state index contributed by atoms with van der Waals surface area (Å²) < 4.78 is 7.12. The molecule has 1 aromatic carbocycles. The standard InChI is InChI=1S/C21H28N4O3S/c1-13-10-15(23-22-13)11-24(3)21(27)20-19(16-6-4-5-7-18(16)29-20)17-12-25(14(2)26)8-9-28-17/h4-7,13,15,17,22-23H,8-12H2,1-3H3. The van der Waals surface area contributed by atoms with Crippen molar-refractivity contribution in [2.75, 3.05) is 33.3 Å². The number of carbonyl (C=O) groups is 2. The van der Waals surface area contributed by atoms with Crippen molar-refractivity contribution in [3.8, 4) is 0 Å². The summed E-state index contributed by atoms with van der Waals surface area (Å²) in [5, 5.41) is 1.04. The normalized spacial score (nSPS) is 24.8. The Balaban J connectivity index is 1.64. The van der Waals surface area contributed by atoms with Crippen molar-refractivity contribution in [2.45, 2.75) is 38.5 Å². The zero-order valence-electron chi connectivity index (χ0n) is 17.1. The van der Waals surface area contributed by atoms with Crippen LogP contribution in [0.25, 0.3) is 10.1 Å². The smallest absolute Gasteiger partial charge is 0.264 e. The molecule has 2 aliphatic rings. The minimum Gasteiger partial charge on any atom is -0.370 e. The fourth-order valence-electron chi connectivity index (χ4n) is 4.17. The minimum atomic E-state index is -0.289. The van der Waals surface area contributed by atoms with Crippen LogP contribution in [0.3, 0.4) is 0 Å².